The van der Waals surface area contributed by atoms with Crippen LogP contribution in [0.3, 0.4) is 0 Å². The van der Waals surface area contributed by atoms with Gasteiger partial charge in [-0.2, -0.15) is 11.8 Å². The second kappa shape index (κ2) is 5.03. The van der Waals surface area contributed by atoms with E-state index < -0.39 is 0 Å². The zero-order valence-corrected chi connectivity index (χ0v) is 7.45. The fourth-order valence-electron chi connectivity index (χ4n) is 1.04. The Labute approximate surface area is 67.5 Å². The first-order valence-corrected chi connectivity index (χ1v) is 5.28. The minimum Gasteiger partial charge on any atom is -0.377 e. The van der Waals surface area contributed by atoms with Gasteiger partial charge in [0.15, 0.2) is 0 Å². The summed E-state index contributed by atoms with van der Waals surface area (Å²) < 4.78 is 5.62. The maximum atomic E-state index is 5.62. The fraction of sp³-hybridized carbons (Fsp3) is 1.00. The smallest absolute Gasteiger partial charge is 0.0673 e. The van der Waals surface area contributed by atoms with E-state index in [1.54, 1.807) is 0 Å². The van der Waals surface area contributed by atoms with Gasteiger partial charge in [-0.1, -0.05) is 13.3 Å². The molecular weight excluding hydrogens is 144 g/mol. The van der Waals surface area contributed by atoms with Gasteiger partial charge in [0.2, 0.25) is 0 Å². The molecule has 0 aliphatic carbocycles. The minimum atomic E-state index is 0.580. The topological polar surface area (TPSA) is 9.23 Å². The molecule has 1 saturated heterocycles. The number of ether oxygens (including phenoxy) is 1. The van der Waals surface area contributed by atoms with Crippen LogP contribution in [0.15, 0.2) is 0 Å². The molecule has 0 aromatic carbocycles. The van der Waals surface area contributed by atoms with Crippen molar-refractivity contribution >= 4 is 11.8 Å². The van der Waals surface area contributed by atoms with Crippen molar-refractivity contribution < 1.29 is 4.74 Å². The minimum absolute atomic E-state index is 0.580. The van der Waals surface area contributed by atoms with Gasteiger partial charge in [0, 0.05) is 12.4 Å². The Morgan fingerprint density at radius 2 is 2.50 bits per heavy atom. The van der Waals surface area contributed by atoms with Crippen LogP contribution in [0.25, 0.3) is 0 Å². The van der Waals surface area contributed by atoms with Gasteiger partial charge in [0.05, 0.1) is 6.10 Å². The molecule has 1 nitrogen and oxygen atoms in total. The van der Waals surface area contributed by atoms with E-state index in [0.29, 0.717) is 6.10 Å². The molecule has 0 saturated carbocycles. The van der Waals surface area contributed by atoms with Crippen LogP contribution in [0.1, 0.15) is 26.2 Å². The molecule has 1 rings (SSSR count). The summed E-state index contributed by atoms with van der Waals surface area (Å²) in [6.45, 7) is 3.18. The largest absolute Gasteiger partial charge is 0.377 e. The molecule has 0 aromatic heterocycles. The molecule has 60 valence electrons. The Bertz CT molecular complexity index is 79.3. The zero-order chi connectivity index (χ0) is 7.23. The van der Waals surface area contributed by atoms with Crippen molar-refractivity contribution in [3.63, 3.8) is 0 Å². The summed E-state index contributed by atoms with van der Waals surface area (Å²) in [6.07, 6.45) is 4.33. The summed E-state index contributed by atoms with van der Waals surface area (Å²) in [5.41, 5.74) is 0. The molecule has 1 aliphatic rings. The summed E-state index contributed by atoms with van der Waals surface area (Å²) in [7, 11) is 0. The van der Waals surface area contributed by atoms with Gasteiger partial charge in [-0.05, 0) is 18.6 Å². The van der Waals surface area contributed by atoms with Crippen molar-refractivity contribution in [2.75, 3.05) is 18.1 Å². The van der Waals surface area contributed by atoms with Gasteiger partial charge in [0.1, 0.15) is 0 Å². The maximum absolute atomic E-state index is 5.62. The lowest BCUT2D eigenvalue weighted by Crippen LogP contribution is -2.11. The predicted octanol–water partition coefficient (Wildman–Crippen LogP) is 2.31. The van der Waals surface area contributed by atoms with Crippen molar-refractivity contribution in [3.8, 4) is 0 Å². The van der Waals surface area contributed by atoms with Crippen LogP contribution in [0.5, 0.6) is 0 Å². The number of hydrogen-bond donors (Lipinski definition) is 0. The van der Waals surface area contributed by atoms with Crippen LogP contribution in [0.4, 0.5) is 0 Å². The number of thioether (sulfide) groups is 1. The normalized spacial score (nSPS) is 25.5. The number of unbranched alkanes of at least 4 members (excludes halogenated alkanes) is 1. The van der Waals surface area contributed by atoms with Gasteiger partial charge in [0.25, 0.3) is 0 Å². The van der Waals surface area contributed by atoms with Gasteiger partial charge in [-0.15, -0.1) is 0 Å². The van der Waals surface area contributed by atoms with E-state index in [0.717, 1.165) is 6.61 Å². The van der Waals surface area contributed by atoms with Crippen molar-refractivity contribution in [3.05, 3.63) is 0 Å². The van der Waals surface area contributed by atoms with Crippen LogP contribution in [-0.2, 0) is 4.74 Å². The molecule has 1 fully saturated rings. The zero-order valence-electron chi connectivity index (χ0n) is 6.64. The molecule has 1 heterocycles. The standard InChI is InChI=1S/C8H16OS/c1-2-3-5-9-8-4-6-10-7-8/h8H,2-7H2,1H3. The van der Waals surface area contributed by atoms with Crippen LogP contribution in [0, 0.1) is 0 Å². The molecule has 10 heavy (non-hydrogen) atoms. The van der Waals surface area contributed by atoms with Crippen LogP contribution in [-0.4, -0.2) is 24.2 Å². The van der Waals surface area contributed by atoms with E-state index in [1.807, 2.05) is 11.8 Å². The molecule has 0 radical (unpaired) electrons. The van der Waals surface area contributed by atoms with E-state index in [2.05, 4.69) is 6.92 Å². The predicted molar refractivity (Wildman–Crippen MR) is 46.6 cm³/mol. The van der Waals surface area contributed by atoms with Crippen molar-refractivity contribution in [2.24, 2.45) is 0 Å². The first kappa shape index (κ1) is 8.41. The molecular formula is C8H16OS. The van der Waals surface area contributed by atoms with E-state index in [9.17, 15) is 0 Å². The highest BCUT2D eigenvalue weighted by molar-refractivity contribution is 7.99. The molecule has 1 atom stereocenters. The highest BCUT2D eigenvalue weighted by atomic mass is 32.2. The average Bonchev–Trinajstić information content (AvgIpc) is 2.41. The third-order valence-corrected chi connectivity index (χ3v) is 2.87. The first-order valence-electron chi connectivity index (χ1n) is 4.13. The highest BCUT2D eigenvalue weighted by Crippen LogP contribution is 2.19. The second-order valence-electron chi connectivity index (χ2n) is 2.71. The quantitative estimate of drug-likeness (QED) is 0.584. The van der Waals surface area contributed by atoms with Crippen molar-refractivity contribution in [2.45, 2.75) is 32.3 Å². The summed E-state index contributed by atoms with van der Waals surface area (Å²) in [4.78, 5) is 0. The molecule has 2 heteroatoms. The molecule has 1 aliphatic heterocycles. The number of hydrogen-bond acceptors (Lipinski definition) is 2. The molecule has 1 unspecified atom stereocenters. The fourth-order valence-corrected chi connectivity index (χ4v) is 2.16. The van der Waals surface area contributed by atoms with E-state index in [-0.39, 0.29) is 0 Å². The lowest BCUT2D eigenvalue weighted by atomic mass is 10.3. The number of rotatable bonds is 4. The SMILES string of the molecule is CCCCOC1CCSC1. The molecule has 0 N–H and O–H groups in total. The highest BCUT2D eigenvalue weighted by Gasteiger charge is 2.14. The van der Waals surface area contributed by atoms with Crippen LogP contribution < -0.4 is 0 Å². The Morgan fingerprint density at radius 3 is 3.10 bits per heavy atom. The molecule has 0 aromatic rings. The van der Waals surface area contributed by atoms with Gasteiger partial charge in [-0.3, -0.25) is 0 Å². The summed E-state index contributed by atoms with van der Waals surface area (Å²) in [5, 5.41) is 0. The molecule has 0 amide bonds. The van der Waals surface area contributed by atoms with E-state index >= 15 is 0 Å². The van der Waals surface area contributed by atoms with Gasteiger partial charge >= 0.3 is 0 Å². The van der Waals surface area contributed by atoms with Gasteiger partial charge in [-0.25, -0.2) is 0 Å². The van der Waals surface area contributed by atoms with Crippen LogP contribution in [0.2, 0.25) is 0 Å². The summed E-state index contributed by atoms with van der Waals surface area (Å²) >= 11 is 2.02. The Kier molecular flexibility index (Phi) is 4.23. The Balaban J connectivity index is 1.91. The molecule has 0 bridgehead atoms. The van der Waals surface area contributed by atoms with E-state index in [4.69, 9.17) is 4.74 Å². The van der Waals surface area contributed by atoms with E-state index in [1.165, 1.54) is 30.8 Å². The lowest BCUT2D eigenvalue weighted by Gasteiger charge is -2.08. The average molecular weight is 160 g/mol. The third-order valence-electron chi connectivity index (χ3n) is 1.74. The lowest BCUT2D eigenvalue weighted by molar-refractivity contribution is 0.0692. The van der Waals surface area contributed by atoms with Crippen molar-refractivity contribution in [1.29, 1.82) is 0 Å². The Morgan fingerprint density at radius 1 is 1.60 bits per heavy atom. The summed E-state index contributed by atoms with van der Waals surface area (Å²) in [6, 6.07) is 0. The monoisotopic (exact) mass is 160 g/mol. The molecule has 0 spiro atoms. The maximum Gasteiger partial charge on any atom is 0.0673 e. The third kappa shape index (κ3) is 2.93. The van der Waals surface area contributed by atoms with Gasteiger partial charge < -0.3 is 4.74 Å². The summed E-state index contributed by atoms with van der Waals surface area (Å²) in [5.74, 6) is 2.53. The second-order valence-corrected chi connectivity index (χ2v) is 3.86. The first-order chi connectivity index (χ1) is 4.93. The van der Waals surface area contributed by atoms with Crippen molar-refractivity contribution in [1.82, 2.24) is 0 Å². The Hall–Kier alpha value is 0.310. The van der Waals surface area contributed by atoms with Crippen LogP contribution >= 0.6 is 11.8 Å².